The second-order valence-corrected chi connectivity index (χ2v) is 7.22. The van der Waals surface area contributed by atoms with E-state index < -0.39 is 16.1 Å². The second-order valence-electron chi connectivity index (χ2n) is 5.60. The van der Waals surface area contributed by atoms with Crippen molar-refractivity contribution in [3.05, 3.63) is 41.6 Å². The highest BCUT2D eigenvalue weighted by Gasteiger charge is 2.10. The van der Waals surface area contributed by atoms with E-state index in [-0.39, 0.29) is 18.2 Å². The number of carbonyl (C=O) groups is 1. The lowest BCUT2D eigenvalue weighted by molar-refractivity contribution is 0.193. The van der Waals surface area contributed by atoms with Gasteiger partial charge in [0.05, 0.1) is 18.0 Å². The fraction of sp³-hybridized carbons (Fsp3) is 0.267. The van der Waals surface area contributed by atoms with Gasteiger partial charge in [0.25, 0.3) is 0 Å². The number of hydrogen-bond donors (Lipinski definition) is 3. The van der Waals surface area contributed by atoms with Gasteiger partial charge in [-0.15, -0.1) is 0 Å². The van der Waals surface area contributed by atoms with Crippen LogP contribution in [0.1, 0.15) is 11.3 Å². The molecule has 1 aromatic carbocycles. The fourth-order valence-corrected chi connectivity index (χ4v) is 2.63. The lowest BCUT2D eigenvalue weighted by Gasteiger charge is -2.14. The summed E-state index contributed by atoms with van der Waals surface area (Å²) in [6, 6.07) is 7.86. The Labute approximate surface area is 150 Å². The molecule has 0 bridgehead atoms. The summed E-state index contributed by atoms with van der Waals surface area (Å²) >= 11 is 0. The highest BCUT2D eigenvalue weighted by molar-refractivity contribution is 7.88. The zero-order valence-electron chi connectivity index (χ0n) is 14.2. The zero-order chi connectivity index (χ0) is 19.3. The van der Waals surface area contributed by atoms with Crippen LogP contribution in [0, 0.1) is 0 Å². The molecule has 0 aliphatic heterocycles. The summed E-state index contributed by atoms with van der Waals surface area (Å²) in [4.78, 5) is 20.8. The minimum absolute atomic E-state index is 0.00233. The minimum atomic E-state index is -3.60. The molecule has 1 amide bonds. The van der Waals surface area contributed by atoms with Crippen LogP contribution in [-0.4, -0.2) is 43.7 Å². The number of benzene rings is 1. The summed E-state index contributed by atoms with van der Waals surface area (Å²) in [6.45, 7) is 0.00233. The van der Waals surface area contributed by atoms with E-state index in [9.17, 15) is 13.2 Å². The molecule has 4 N–H and O–H groups in total. The van der Waals surface area contributed by atoms with Gasteiger partial charge in [0.2, 0.25) is 21.9 Å². The van der Waals surface area contributed by atoms with E-state index in [0.717, 1.165) is 0 Å². The maximum Gasteiger partial charge on any atom is 0.404 e. The molecule has 11 heteroatoms. The first-order valence-electron chi connectivity index (χ1n) is 7.42. The van der Waals surface area contributed by atoms with Gasteiger partial charge in [-0.1, -0.05) is 12.1 Å². The Balaban J connectivity index is 2.20. The summed E-state index contributed by atoms with van der Waals surface area (Å²) < 4.78 is 27.9. The van der Waals surface area contributed by atoms with E-state index >= 15 is 0 Å². The first kappa shape index (κ1) is 19.4. The van der Waals surface area contributed by atoms with Gasteiger partial charge in [-0.25, -0.2) is 23.3 Å². The monoisotopic (exact) mass is 381 g/mol. The maximum absolute atomic E-state index is 11.1. The van der Waals surface area contributed by atoms with Crippen LogP contribution in [-0.2, 0) is 22.3 Å². The van der Waals surface area contributed by atoms with Crippen molar-refractivity contribution in [2.24, 2.45) is 5.14 Å². The van der Waals surface area contributed by atoms with Crippen molar-refractivity contribution in [3.63, 3.8) is 0 Å². The van der Waals surface area contributed by atoms with Crippen LogP contribution in [0.15, 0.2) is 30.3 Å². The van der Waals surface area contributed by atoms with Gasteiger partial charge in [0, 0.05) is 20.2 Å². The molecule has 10 nitrogen and oxygen atoms in total. The molecule has 1 heterocycles. The highest BCUT2D eigenvalue weighted by Crippen LogP contribution is 2.22. The van der Waals surface area contributed by atoms with Gasteiger partial charge >= 0.3 is 6.09 Å². The molecule has 0 unspecified atom stereocenters. The summed E-state index contributed by atoms with van der Waals surface area (Å²) in [5.74, 6) is 0.751. The van der Waals surface area contributed by atoms with Crippen molar-refractivity contribution in [1.82, 2.24) is 15.3 Å². The molecule has 0 fully saturated rings. The third-order valence-corrected chi connectivity index (χ3v) is 3.81. The first-order chi connectivity index (χ1) is 12.1. The predicted octanol–water partition coefficient (Wildman–Crippen LogP) is 0.891. The standard InChI is InChI=1S/C15H19N5O5S/c1-20(2)14-18-11(8-17-15(21)22)7-13(19-14)25-12-5-3-10(4-6-12)9-26(16,23)24/h3-7,17H,8-9H2,1-2H3,(H,21,22)(H2,16,23,24). The van der Waals surface area contributed by atoms with Crippen molar-refractivity contribution in [2.45, 2.75) is 12.3 Å². The highest BCUT2D eigenvalue weighted by atomic mass is 32.2. The molecule has 140 valence electrons. The number of sulfonamides is 1. The number of rotatable bonds is 7. The van der Waals surface area contributed by atoms with Crippen molar-refractivity contribution < 1.29 is 23.1 Å². The van der Waals surface area contributed by atoms with Crippen LogP contribution < -0.4 is 20.1 Å². The molecular formula is C15H19N5O5S. The summed E-state index contributed by atoms with van der Waals surface area (Å²) in [5, 5.41) is 16.0. The number of anilines is 1. The molecule has 0 saturated heterocycles. The molecular weight excluding hydrogens is 362 g/mol. The lowest BCUT2D eigenvalue weighted by Crippen LogP contribution is -2.22. The van der Waals surface area contributed by atoms with Crippen LogP contribution in [0.2, 0.25) is 0 Å². The Morgan fingerprint density at radius 2 is 1.92 bits per heavy atom. The number of nitrogens with one attached hydrogen (secondary N) is 1. The quantitative estimate of drug-likeness (QED) is 0.640. The smallest absolute Gasteiger partial charge is 0.404 e. The van der Waals surface area contributed by atoms with Crippen molar-refractivity contribution in [1.29, 1.82) is 0 Å². The Bertz CT molecular complexity index is 884. The third kappa shape index (κ3) is 6.18. The van der Waals surface area contributed by atoms with Crippen LogP contribution >= 0.6 is 0 Å². The van der Waals surface area contributed by atoms with Crippen LogP contribution in [0.5, 0.6) is 11.6 Å². The Morgan fingerprint density at radius 3 is 2.46 bits per heavy atom. The van der Waals surface area contributed by atoms with Crippen molar-refractivity contribution in [3.8, 4) is 11.6 Å². The fourth-order valence-electron chi connectivity index (χ4n) is 1.97. The molecule has 0 saturated carbocycles. The molecule has 0 aliphatic rings. The summed E-state index contributed by atoms with van der Waals surface area (Å²) in [7, 11) is -0.114. The van der Waals surface area contributed by atoms with E-state index in [1.807, 2.05) is 0 Å². The summed E-state index contributed by atoms with van der Waals surface area (Å²) in [5.41, 5.74) is 0.967. The van der Waals surface area contributed by atoms with Crippen molar-refractivity contribution >= 4 is 22.1 Å². The van der Waals surface area contributed by atoms with E-state index in [1.54, 1.807) is 43.3 Å². The van der Waals surface area contributed by atoms with Crippen LogP contribution in [0.25, 0.3) is 0 Å². The Morgan fingerprint density at radius 1 is 1.27 bits per heavy atom. The normalized spacial score (nSPS) is 11.0. The summed E-state index contributed by atoms with van der Waals surface area (Å²) in [6.07, 6.45) is -1.16. The molecule has 2 rings (SSSR count). The van der Waals surface area contributed by atoms with Gasteiger partial charge in [-0.3, -0.25) is 0 Å². The van der Waals surface area contributed by atoms with Gasteiger partial charge in [0.1, 0.15) is 5.75 Å². The molecule has 1 aromatic heterocycles. The van der Waals surface area contributed by atoms with E-state index in [1.165, 1.54) is 6.07 Å². The van der Waals surface area contributed by atoms with E-state index in [2.05, 4.69) is 15.3 Å². The van der Waals surface area contributed by atoms with E-state index in [4.69, 9.17) is 15.0 Å². The lowest BCUT2D eigenvalue weighted by atomic mass is 10.2. The maximum atomic E-state index is 11.1. The third-order valence-electron chi connectivity index (χ3n) is 3.08. The molecule has 0 atom stereocenters. The molecule has 26 heavy (non-hydrogen) atoms. The van der Waals surface area contributed by atoms with Gasteiger partial charge in [0.15, 0.2) is 0 Å². The van der Waals surface area contributed by atoms with Gasteiger partial charge < -0.3 is 20.1 Å². The topological polar surface area (TPSA) is 148 Å². The number of nitrogens with zero attached hydrogens (tertiary/aromatic N) is 3. The molecule has 0 radical (unpaired) electrons. The number of primary sulfonamides is 1. The number of hydrogen-bond acceptors (Lipinski definition) is 7. The number of nitrogens with two attached hydrogens (primary N) is 1. The van der Waals surface area contributed by atoms with Crippen LogP contribution in [0.4, 0.5) is 10.7 Å². The Hall–Kier alpha value is -2.92. The van der Waals surface area contributed by atoms with Gasteiger partial charge in [-0.05, 0) is 17.7 Å². The Kier molecular flexibility index (Phi) is 5.95. The first-order valence-corrected chi connectivity index (χ1v) is 9.13. The largest absolute Gasteiger partial charge is 0.465 e. The van der Waals surface area contributed by atoms with Crippen LogP contribution in [0.3, 0.4) is 0 Å². The minimum Gasteiger partial charge on any atom is -0.465 e. The number of amides is 1. The van der Waals surface area contributed by atoms with Gasteiger partial charge in [-0.2, -0.15) is 4.98 Å². The SMILES string of the molecule is CN(C)c1nc(CNC(=O)O)cc(Oc2ccc(CS(N)(=O)=O)cc2)n1. The number of carboxylic acid groups (broad SMARTS) is 1. The number of ether oxygens (including phenoxy) is 1. The average molecular weight is 381 g/mol. The predicted molar refractivity (Wildman–Crippen MR) is 94.6 cm³/mol. The average Bonchev–Trinajstić information content (AvgIpc) is 2.53. The number of aromatic nitrogens is 2. The molecule has 0 aliphatic carbocycles. The second kappa shape index (κ2) is 7.97. The van der Waals surface area contributed by atoms with E-state index in [0.29, 0.717) is 23.0 Å². The van der Waals surface area contributed by atoms with Crippen molar-refractivity contribution in [2.75, 3.05) is 19.0 Å². The molecule has 0 spiro atoms. The molecule has 2 aromatic rings. The zero-order valence-corrected chi connectivity index (χ0v) is 15.0.